The van der Waals surface area contributed by atoms with Crippen LogP contribution in [0.4, 0.5) is 0 Å². The minimum atomic E-state index is -4.06. The number of aliphatic hydroxyl groups is 1. The number of nitrogens with zero attached hydrogens (tertiary/aromatic N) is 2. The Morgan fingerprint density at radius 3 is 2.39 bits per heavy atom. The minimum absolute atomic E-state index is 0.0266. The Balaban J connectivity index is 1.77. The number of hydrogen-bond acceptors (Lipinski definition) is 8. The van der Waals surface area contributed by atoms with Gasteiger partial charge in [-0.3, -0.25) is 0 Å². The first-order valence-electron chi connectivity index (χ1n) is 13.1. The van der Waals surface area contributed by atoms with Crippen LogP contribution in [0.25, 0.3) is 11.1 Å². The maximum absolute atomic E-state index is 13.8. The highest BCUT2D eigenvalue weighted by atomic mass is 32.2. The molecule has 1 N–H and O–H groups in total. The lowest BCUT2D eigenvalue weighted by atomic mass is 10.0. The molecule has 12 heteroatoms. The molecule has 1 heterocycles. The van der Waals surface area contributed by atoms with Gasteiger partial charge >= 0.3 is 0 Å². The van der Waals surface area contributed by atoms with Crippen LogP contribution in [0.1, 0.15) is 13.8 Å². The maximum atomic E-state index is 13.8. The van der Waals surface area contributed by atoms with E-state index >= 15 is 0 Å². The van der Waals surface area contributed by atoms with Crippen LogP contribution in [0, 0.1) is 5.92 Å². The first-order chi connectivity index (χ1) is 19.4. The average molecular weight is 605 g/mol. The smallest absolute Gasteiger partial charge is 0.247 e. The molecule has 0 radical (unpaired) electrons. The third-order valence-electron chi connectivity index (χ3n) is 7.29. The molecule has 0 bridgehead atoms. The topological polar surface area (TPSA) is 123 Å². The van der Waals surface area contributed by atoms with Crippen molar-refractivity contribution in [1.82, 2.24) is 8.61 Å². The number of benzene rings is 3. The molecule has 0 unspecified atom stereocenters. The van der Waals surface area contributed by atoms with Crippen molar-refractivity contribution < 1.29 is 36.2 Å². The summed E-state index contributed by atoms with van der Waals surface area (Å²) in [6.07, 6.45) is -0.719. The second kappa shape index (κ2) is 12.4. The summed E-state index contributed by atoms with van der Waals surface area (Å²) in [5, 5.41) is 9.90. The zero-order valence-electron chi connectivity index (χ0n) is 23.7. The highest BCUT2D eigenvalue weighted by Crippen LogP contribution is 2.39. The van der Waals surface area contributed by atoms with Gasteiger partial charge in [0.2, 0.25) is 20.0 Å². The Hall–Kier alpha value is -3.16. The lowest BCUT2D eigenvalue weighted by Gasteiger charge is -2.37. The van der Waals surface area contributed by atoms with Gasteiger partial charge in [0.25, 0.3) is 0 Å². The predicted octanol–water partition coefficient (Wildman–Crippen LogP) is 3.46. The molecule has 0 saturated heterocycles. The van der Waals surface area contributed by atoms with Gasteiger partial charge in [-0.2, -0.15) is 8.61 Å². The van der Waals surface area contributed by atoms with Gasteiger partial charge in [-0.1, -0.05) is 31.2 Å². The number of aliphatic hydroxyl groups excluding tert-OH is 1. The van der Waals surface area contributed by atoms with Crippen molar-refractivity contribution in [1.29, 1.82) is 0 Å². The fraction of sp³-hybridized carbons (Fsp3) is 0.379. The van der Waals surface area contributed by atoms with Crippen LogP contribution < -0.4 is 14.2 Å². The van der Waals surface area contributed by atoms with Crippen molar-refractivity contribution in [2.75, 3.05) is 41.0 Å². The number of methoxy groups -OCH3 is 2. The second-order valence-corrected chi connectivity index (χ2v) is 14.0. The summed E-state index contributed by atoms with van der Waals surface area (Å²) in [4.78, 5) is 0.0327. The van der Waals surface area contributed by atoms with E-state index in [1.54, 1.807) is 51.3 Å². The molecule has 0 fully saturated rings. The molecule has 3 aromatic carbocycles. The van der Waals surface area contributed by atoms with Crippen molar-refractivity contribution >= 4 is 20.0 Å². The van der Waals surface area contributed by atoms with Crippen LogP contribution in [0.5, 0.6) is 17.2 Å². The lowest BCUT2D eigenvalue weighted by Crippen LogP contribution is -2.50. The molecular weight excluding hydrogens is 568 g/mol. The van der Waals surface area contributed by atoms with E-state index in [9.17, 15) is 21.9 Å². The van der Waals surface area contributed by atoms with Gasteiger partial charge in [-0.25, -0.2) is 16.8 Å². The molecule has 3 atom stereocenters. The Bertz CT molecular complexity index is 1580. The third-order valence-corrected chi connectivity index (χ3v) is 11.1. The van der Waals surface area contributed by atoms with Crippen LogP contribution in [0.2, 0.25) is 0 Å². The van der Waals surface area contributed by atoms with Gasteiger partial charge in [0.05, 0.1) is 32.3 Å². The van der Waals surface area contributed by atoms with Gasteiger partial charge in [0, 0.05) is 31.1 Å². The lowest BCUT2D eigenvalue weighted by molar-refractivity contribution is 0.0905. The van der Waals surface area contributed by atoms with Crippen LogP contribution in [-0.2, 0) is 20.0 Å². The Morgan fingerprint density at radius 1 is 1.07 bits per heavy atom. The van der Waals surface area contributed by atoms with E-state index in [4.69, 9.17) is 14.2 Å². The number of likely N-dealkylation sites (N-methyl/N-ethyl adjacent to an activating group) is 1. The molecule has 1 aliphatic heterocycles. The van der Waals surface area contributed by atoms with Crippen LogP contribution >= 0.6 is 0 Å². The average Bonchev–Trinajstić information content (AvgIpc) is 2.98. The number of para-hydroxylation sites is 1. The van der Waals surface area contributed by atoms with Crippen LogP contribution in [-0.4, -0.2) is 83.7 Å². The number of ether oxygens (including phenoxy) is 3. The zero-order valence-corrected chi connectivity index (χ0v) is 25.4. The van der Waals surface area contributed by atoms with Gasteiger partial charge in [-0.15, -0.1) is 0 Å². The molecule has 10 nitrogen and oxygen atoms in total. The van der Waals surface area contributed by atoms with E-state index in [1.807, 2.05) is 18.2 Å². The molecule has 0 aromatic heterocycles. The highest BCUT2D eigenvalue weighted by molar-refractivity contribution is 7.89. The first kappa shape index (κ1) is 30.8. The molecule has 0 saturated carbocycles. The SMILES string of the molecule is COc1ccc(S(=O)(=O)N(C)C[C@@H]2Oc3cc(-c4ccccc4OC)ccc3S(=O)(=O)N([C@H](C)CO)C[C@@H]2C)cc1. The van der Waals surface area contributed by atoms with Crippen molar-refractivity contribution in [2.45, 2.75) is 35.8 Å². The molecule has 3 aromatic rings. The molecule has 41 heavy (non-hydrogen) atoms. The van der Waals surface area contributed by atoms with E-state index < -0.39 is 38.1 Å². The third kappa shape index (κ3) is 6.21. The molecule has 0 amide bonds. The molecule has 222 valence electrons. The van der Waals surface area contributed by atoms with E-state index in [-0.39, 0.29) is 35.2 Å². The summed E-state index contributed by atoms with van der Waals surface area (Å²) >= 11 is 0. The van der Waals surface area contributed by atoms with Crippen LogP contribution in [0.3, 0.4) is 0 Å². The number of sulfonamides is 2. The van der Waals surface area contributed by atoms with E-state index in [0.29, 0.717) is 17.1 Å². The predicted molar refractivity (Wildman–Crippen MR) is 155 cm³/mol. The Kier molecular flexibility index (Phi) is 9.29. The summed E-state index contributed by atoms with van der Waals surface area (Å²) in [6, 6.07) is 17.5. The fourth-order valence-electron chi connectivity index (χ4n) is 4.77. The Labute approximate surface area is 242 Å². The number of fused-ring (bicyclic) bond motifs is 1. The first-order valence-corrected chi connectivity index (χ1v) is 16.0. The number of rotatable bonds is 9. The summed E-state index contributed by atoms with van der Waals surface area (Å²) < 4.78 is 74.0. The molecule has 0 aliphatic carbocycles. The fourth-order valence-corrected chi connectivity index (χ4v) is 7.78. The van der Waals surface area contributed by atoms with Crippen molar-refractivity contribution in [3.63, 3.8) is 0 Å². The van der Waals surface area contributed by atoms with Crippen molar-refractivity contribution in [2.24, 2.45) is 5.92 Å². The summed E-state index contributed by atoms with van der Waals surface area (Å²) in [5.41, 5.74) is 1.41. The van der Waals surface area contributed by atoms with E-state index in [0.717, 1.165) is 5.56 Å². The monoisotopic (exact) mass is 604 g/mol. The molecule has 1 aliphatic rings. The minimum Gasteiger partial charge on any atom is -0.497 e. The zero-order chi connectivity index (χ0) is 29.9. The molecule has 4 rings (SSSR count). The summed E-state index contributed by atoms with van der Waals surface area (Å²) in [6.45, 7) is 3.04. The molecule has 0 spiro atoms. The van der Waals surface area contributed by atoms with E-state index in [1.165, 1.54) is 41.0 Å². The summed E-state index contributed by atoms with van der Waals surface area (Å²) in [7, 11) is -3.43. The largest absolute Gasteiger partial charge is 0.497 e. The second-order valence-electron chi connectivity index (χ2n) is 10.1. The maximum Gasteiger partial charge on any atom is 0.247 e. The van der Waals surface area contributed by atoms with Gasteiger partial charge in [-0.05, 0) is 55.0 Å². The van der Waals surface area contributed by atoms with E-state index in [2.05, 4.69) is 0 Å². The van der Waals surface area contributed by atoms with Crippen molar-refractivity contribution in [3.05, 3.63) is 66.7 Å². The number of hydrogen-bond donors (Lipinski definition) is 1. The van der Waals surface area contributed by atoms with Gasteiger partial charge < -0.3 is 19.3 Å². The highest BCUT2D eigenvalue weighted by Gasteiger charge is 2.39. The van der Waals surface area contributed by atoms with Gasteiger partial charge in [0.15, 0.2) is 0 Å². The molecular formula is C29H36N2O8S2. The normalized spacial score (nSPS) is 19.9. The Morgan fingerprint density at radius 2 is 1.76 bits per heavy atom. The van der Waals surface area contributed by atoms with Gasteiger partial charge in [0.1, 0.15) is 28.2 Å². The summed E-state index contributed by atoms with van der Waals surface area (Å²) in [5.74, 6) is 0.794. The quantitative estimate of drug-likeness (QED) is 0.394. The van der Waals surface area contributed by atoms with Crippen LogP contribution in [0.15, 0.2) is 76.5 Å². The van der Waals surface area contributed by atoms with Crippen molar-refractivity contribution in [3.8, 4) is 28.4 Å². The standard InChI is InChI=1S/C29H36N2O8S2/c1-20-17-31(21(2)19-32)41(35,36)29-15-10-22(25-8-6-7-9-26(25)38-5)16-27(29)39-28(20)18-30(3)40(33,34)24-13-11-23(37-4)12-14-24/h6-16,20-21,28,32H,17-19H2,1-5H3/t20-,21+,28-/m0/s1.